The van der Waals surface area contributed by atoms with E-state index in [1.54, 1.807) is 6.07 Å². The second-order valence-corrected chi connectivity index (χ2v) is 7.53. The van der Waals surface area contributed by atoms with Crippen molar-refractivity contribution in [2.24, 2.45) is 0 Å². The van der Waals surface area contributed by atoms with E-state index in [1.807, 2.05) is 0 Å². The Labute approximate surface area is 181 Å². The molecule has 0 unspecified atom stereocenters. The molecule has 1 fully saturated rings. The first kappa shape index (κ1) is 20.4. The van der Waals surface area contributed by atoms with Gasteiger partial charge in [-0.2, -0.15) is 0 Å². The number of hydrogen-bond acceptors (Lipinski definition) is 5. The van der Waals surface area contributed by atoms with Crippen molar-refractivity contribution < 1.29 is 23.8 Å². The summed E-state index contributed by atoms with van der Waals surface area (Å²) in [5, 5.41) is 12.2. The van der Waals surface area contributed by atoms with Crippen LogP contribution in [0.15, 0.2) is 44.9 Å². The number of phenolic OH excluding ortho intramolecular Hbond substituents is 1. The molecule has 0 saturated carbocycles. The molecule has 1 heterocycles. The third-order valence-corrected chi connectivity index (χ3v) is 6.33. The summed E-state index contributed by atoms with van der Waals surface area (Å²) in [5.74, 6) is -2.19. The van der Waals surface area contributed by atoms with E-state index in [0.717, 1.165) is 4.90 Å². The number of carbonyl (C=O) groups is 2. The van der Waals surface area contributed by atoms with Gasteiger partial charge in [0.15, 0.2) is 16.6 Å². The normalized spacial score (nSPS) is 15.8. The maximum absolute atomic E-state index is 14.2. The Hall–Kier alpha value is -2.30. The van der Waals surface area contributed by atoms with Crippen LogP contribution in [-0.4, -0.2) is 29.1 Å². The van der Waals surface area contributed by atoms with Crippen molar-refractivity contribution in [1.82, 2.24) is 5.32 Å². The number of para-hydroxylation sites is 1. The van der Waals surface area contributed by atoms with Crippen molar-refractivity contribution in [2.75, 3.05) is 12.0 Å². The Balaban J connectivity index is 2.13. The van der Waals surface area contributed by atoms with Gasteiger partial charge in [0.2, 0.25) is 0 Å². The molecule has 1 aliphatic rings. The van der Waals surface area contributed by atoms with Crippen LogP contribution < -0.4 is 15.0 Å². The standard InChI is InChI=1S/C18H11Br2FN2O4S/c1-27-12-7-8(13(19)14(20)15(12)24)6-9-16(25)22-18(28)23(17(9)26)11-5-3-2-4-10(11)21/h2-7,24H,1H3,(H,22,25,28)/b9-6+. The minimum atomic E-state index is -0.783. The molecule has 10 heteroatoms. The van der Waals surface area contributed by atoms with Crippen LogP contribution in [0.2, 0.25) is 0 Å². The number of nitrogens with one attached hydrogen (secondary N) is 1. The lowest BCUT2D eigenvalue weighted by atomic mass is 10.1. The summed E-state index contributed by atoms with van der Waals surface area (Å²) in [6, 6.07) is 7.03. The summed E-state index contributed by atoms with van der Waals surface area (Å²) in [4.78, 5) is 26.3. The average molecular weight is 530 g/mol. The minimum Gasteiger partial charge on any atom is -0.503 e. The van der Waals surface area contributed by atoms with Crippen LogP contribution in [-0.2, 0) is 9.59 Å². The number of carbonyl (C=O) groups excluding carboxylic acids is 2. The van der Waals surface area contributed by atoms with Gasteiger partial charge in [0.1, 0.15) is 11.4 Å². The number of methoxy groups -OCH3 is 1. The number of benzene rings is 2. The molecule has 144 valence electrons. The third-order valence-electron chi connectivity index (χ3n) is 3.89. The molecule has 28 heavy (non-hydrogen) atoms. The van der Waals surface area contributed by atoms with Crippen LogP contribution >= 0.6 is 44.1 Å². The number of phenols is 1. The quantitative estimate of drug-likeness (QED) is 0.358. The number of ether oxygens (including phenoxy) is 1. The number of amides is 2. The van der Waals surface area contributed by atoms with Crippen LogP contribution in [0.5, 0.6) is 11.5 Å². The van der Waals surface area contributed by atoms with Crippen LogP contribution in [0.3, 0.4) is 0 Å². The van der Waals surface area contributed by atoms with Gasteiger partial charge >= 0.3 is 0 Å². The number of halogens is 3. The van der Waals surface area contributed by atoms with Crippen LogP contribution in [0.25, 0.3) is 6.08 Å². The summed E-state index contributed by atoms with van der Waals surface area (Å²) in [7, 11) is 1.36. The molecule has 0 radical (unpaired) electrons. The van der Waals surface area contributed by atoms with Crippen molar-refractivity contribution in [1.29, 1.82) is 0 Å². The van der Waals surface area contributed by atoms with E-state index in [2.05, 4.69) is 37.2 Å². The van der Waals surface area contributed by atoms with E-state index >= 15 is 0 Å². The fourth-order valence-electron chi connectivity index (χ4n) is 2.54. The van der Waals surface area contributed by atoms with Gasteiger partial charge in [0.25, 0.3) is 11.8 Å². The first-order valence-corrected chi connectivity index (χ1v) is 9.66. The van der Waals surface area contributed by atoms with Gasteiger partial charge in [0, 0.05) is 4.47 Å². The van der Waals surface area contributed by atoms with Gasteiger partial charge in [-0.3, -0.25) is 14.9 Å². The molecule has 2 amide bonds. The SMILES string of the molecule is COc1cc(/C=C2\C(=O)NC(=S)N(c3ccccc3F)C2=O)c(Br)c(Br)c1O. The Bertz CT molecular complexity index is 1060. The van der Waals surface area contributed by atoms with Crippen LogP contribution in [0.1, 0.15) is 5.56 Å². The summed E-state index contributed by atoms with van der Waals surface area (Å²) < 4.78 is 20.0. The lowest BCUT2D eigenvalue weighted by Crippen LogP contribution is -2.54. The van der Waals surface area contributed by atoms with E-state index in [-0.39, 0.29) is 32.3 Å². The number of rotatable bonds is 3. The number of thiocarbonyl (C=S) groups is 1. The predicted molar refractivity (Wildman–Crippen MR) is 113 cm³/mol. The first-order valence-electron chi connectivity index (χ1n) is 7.67. The number of nitrogens with zero attached hydrogens (tertiary/aromatic N) is 1. The summed E-state index contributed by atoms with van der Waals surface area (Å²) in [5.41, 5.74) is 0.0328. The predicted octanol–water partition coefficient (Wildman–Crippen LogP) is 3.90. The molecule has 0 bridgehead atoms. The van der Waals surface area contributed by atoms with Crippen molar-refractivity contribution in [3.63, 3.8) is 0 Å². The minimum absolute atomic E-state index is 0.0769. The highest BCUT2D eigenvalue weighted by molar-refractivity contribution is 9.13. The molecule has 6 nitrogen and oxygen atoms in total. The van der Waals surface area contributed by atoms with Gasteiger partial charge in [-0.1, -0.05) is 12.1 Å². The summed E-state index contributed by atoms with van der Waals surface area (Å²) in [6.07, 6.45) is 1.30. The Morgan fingerprint density at radius 3 is 2.57 bits per heavy atom. The maximum atomic E-state index is 14.2. The van der Waals surface area contributed by atoms with E-state index in [0.29, 0.717) is 10.0 Å². The fourth-order valence-corrected chi connectivity index (χ4v) is 3.65. The van der Waals surface area contributed by atoms with E-state index in [1.165, 1.54) is 37.5 Å². The first-order chi connectivity index (χ1) is 13.3. The molecule has 2 N–H and O–H groups in total. The molecule has 2 aromatic rings. The highest BCUT2D eigenvalue weighted by Crippen LogP contribution is 2.42. The summed E-state index contributed by atoms with van der Waals surface area (Å²) >= 11 is 11.6. The second kappa shape index (κ2) is 7.98. The molecule has 1 saturated heterocycles. The Morgan fingerprint density at radius 2 is 1.93 bits per heavy atom. The monoisotopic (exact) mass is 528 g/mol. The van der Waals surface area contributed by atoms with Crippen molar-refractivity contribution in [3.8, 4) is 11.5 Å². The number of hydrogen-bond donors (Lipinski definition) is 2. The molecule has 0 aromatic heterocycles. The highest BCUT2D eigenvalue weighted by Gasteiger charge is 2.36. The lowest BCUT2D eigenvalue weighted by Gasteiger charge is -2.29. The number of anilines is 1. The van der Waals surface area contributed by atoms with E-state index in [4.69, 9.17) is 17.0 Å². The van der Waals surface area contributed by atoms with Crippen molar-refractivity contribution in [2.45, 2.75) is 0 Å². The van der Waals surface area contributed by atoms with Gasteiger partial charge < -0.3 is 9.84 Å². The highest BCUT2D eigenvalue weighted by atomic mass is 79.9. The molecule has 2 aromatic carbocycles. The smallest absolute Gasteiger partial charge is 0.270 e. The molecule has 0 spiro atoms. The Kier molecular flexibility index (Phi) is 5.82. The number of aromatic hydroxyl groups is 1. The van der Waals surface area contributed by atoms with Crippen molar-refractivity contribution >= 4 is 72.8 Å². The largest absolute Gasteiger partial charge is 0.503 e. The zero-order chi connectivity index (χ0) is 20.6. The molecule has 3 rings (SSSR count). The molecule has 1 aliphatic heterocycles. The van der Waals surface area contributed by atoms with Gasteiger partial charge in [-0.25, -0.2) is 9.29 Å². The molecule has 0 atom stereocenters. The summed E-state index contributed by atoms with van der Waals surface area (Å²) in [6.45, 7) is 0. The second-order valence-electron chi connectivity index (χ2n) is 5.55. The van der Waals surface area contributed by atoms with Gasteiger partial charge in [0.05, 0.1) is 17.3 Å². The zero-order valence-corrected chi connectivity index (χ0v) is 18.1. The topological polar surface area (TPSA) is 78.9 Å². The third kappa shape index (κ3) is 3.54. The van der Waals surface area contributed by atoms with Gasteiger partial charge in [-0.15, -0.1) is 0 Å². The molecule has 0 aliphatic carbocycles. The average Bonchev–Trinajstić information content (AvgIpc) is 2.66. The fraction of sp³-hybridized carbons (Fsp3) is 0.0556. The maximum Gasteiger partial charge on any atom is 0.270 e. The van der Waals surface area contributed by atoms with Crippen LogP contribution in [0.4, 0.5) is 10.1 Å². The van der Waals surface area contributed by atoms with Crippen molar-refractivity contribution in [3.05, 3.63) is 56.2 Å². The van der Waals surface area contributed by atoms with Gasteiger partial charge in [-0.05, 0) is 73.9 Å². The molecular weight excluding hydrogens is 519 g/mol. The zero-order valence-electron chi connectivity index (χ0n) is 14.1. The van der Waals surface area contributed by atoms with E-state index < -0.39 is 17.6 Å². The molecular formula is C18H11Br2FN2O4S. The Morgan fingerprint density at radius 1 is 1.25 bits per heavy atom. The lowest BCUT2D eigenvalue weighted by molar-refractivity contribution is -0.122. The van der Waals surface area contributed by atoms with E-state index in [9.17, 15) is 19.1 Å². The van der Waals surface area contributed by atoms with Crippen LogP contribution in [0, 0.1) is 5.82 Å².